The number of amides is 1. The predicted octanol–water partition coefficient (Wildman–Crippen LogP) is 2.52. The van der Waals surface area contributed by atoms with E-state index in [-0.39, 0.29) is 10.7 Å². The highest BCUT2D eigenvalue weighted by atomic mass is 35.5. The van der Waals surface area contributed by atoms with Gasteiger partial charge in [-0.25, -0.2) is 9.37 Å². The van der Waals surface area contributed by atoms with Crippen LogP contribution in [0.5, 0.6) is 0 Å². The van der Waals surface area contributed by atoms with Crippen LogP contribution in [-0.2, 0) is 0 Å². The molecule has 6 heteroatoms. The molecule has 2 heterocycles. The molecule has 86 valence electrons. The molecule has 0 fully saturated rings. The molecule has 2 aromatic rings. The van der Waals surface area contributed by atoms with E-state index in [1.54, 1.807) is 12.1 Å². The lowest BCUT2D eigenvalue weighted by Crippen LogP contribution is -2.14. The second-order valence-corrected chi connectivity index (χ2v) is 3.51. The van der Waals surface area contributed by atoms with Crippen molar-refractivity contribution in [2.45, 2.75) is 0 Å². The van der Waals surface area contributed by atoms with E-state index in [1.807, 2.05) is 0 Å². The van der Waals surface area contributed by atoms with Crippen molar-refractivity contribution in [3.63, 3.8) is 0 Å². The Morgan fingerprint density at radius 1 is 1.35 bits per heavy atom. The summed E-state index contributed by atoms with van der Waals surface area (Å²) in [6.07, 6.45) is 3.80. The van der Waals surface area contributed by atoms with Crippen LogP contribution in [-0.4, -0.2) is 15.9 Å². The van der Waals surface area contributed by atoms with Gasteiger partial charge in [0.2, 0.25) is 0 Å². The highest BCUT2D eigenvalue weighted by Gasteiger charge is 2.12. The number of nitrogens with one attached hydrogen (secondary N) is 1. The first-order chi connectivity index (χ1) is 8.18. The van der Waals surface area contributed by atoms with Crippen LogP contribution < -0.4 is 5.32 Å². The third kappa shape index (κ3) is 2.57. The highest BCUT2D eigenvalue weighted by molar-refractivity contribution is 6.32. The molecule has 0 saturated heterocycles. The number of nitrogens with zero attached hydrogens (tertiary/aromatic N) is 2. The van der Waals surface area contributed by atoms with Crippen molar-refractivity contribution < 1.29 is 9.18 Å². The van der Waals surface area contributed by atoms with Gasteiger partial charge in [0.15, 0.2) is 11.0 Å². The fraction of sp³-hybridized carbons (Fsp3) is 0. The molecule has 0 aromatic carbocycles. The number of carbonyl (C=O) groups excluding carboxylic acids is 1. The molecule has 17 heavy (non-hydrogen) atoms. The lowest BCUT2D eigenvalue weighted by atomic mass is 10.2. The summed E-state index contributed by atoms with van der Waals surface area (Å²) >= 11 is 5.76. The number of aromatic nitrogens is 2. The number of pyridine rings is 2. The average molecular weight is 252 g/mol. The zero-order valence-corrected chi connectivity index (χ0v) is 9.28. The van der Waals surface area contributed by atoms with Crippen molar-refractivity contribution in [3.05, 3.63) is 53.3 Å². The van der Waals surface area contributed by atoms with Gasteiger partial charge in [-0.15, -0.1) is 0 Å². The summed E-state index contributed by atoms with van der Waals surface area (Å²) in [4.78, 5) is 19.1. The van der Waals surface area contributed by atoms with Crippen LogP contribution in [0.25, 0.3) is 0 Å². The third-order valence-electron chi connectivity index (χ3n) is 2.02. The molecule has 4 nitrogen and oxygen atoms in total. The number of rotatable bonds is 2. The molecular weight excluding hydrogens is 245 g/mol. The molecule has 0 unspecified atom stereocenters. The lowest BCUT2D eigenvalue weighted by molar-refractivity contribution is 0.102. The maximum atomic E-state index is 13.3. The van der Waals surface area contributed by atoms with Crippen molar-refractivity contribution in [2.24, 2.45) is 0 Å². The first-order valence-electron chi connectivity index (χ1n) is 4.70. The Bertz CT molecular complexity index is 562. The van der Waals surface area contributed by atoms with Gasteiger partial charge < -0.3 is 5.32 Å². The molecule has 0 spiro atoms. The smallest absolute Gasteiger partial charge is 0.258 e. The Kier molecular flexibility index (Phi) is 3.30. The Balaban J connectivity index is 2.24. The molecular formula is C11H7ClFN3O. The van der Waals surface area contributed by atoms with Gasteiger partial charge in [-0.2, -0.15) is 0 Å². The molecule has 0 saturated carbocycles. The van der Waals surface area contributed by atoms with E-state index in [1.165, 1.54) is 18.5 Å². The summed E-state index contributed by atoms with van der Waals surface area (Å²) in [7, 11) is 0. The van der Waals surface area contributed by atoms with Gasteiger partial charge in [0.05, 0.1) is 17.4 Å². The van der Waals surface area contributed by atoms with Gasteiger partial charge in [-0.1, -0.05) is 11.6 Å². The van der Waals surface area contributed by atoms with Gasteiger partial charge in [0.25, 0.3) is 5.91 Å². The molecule has 1 amide bonds. The molecule has 0 bridgehead atoms. The van der Waals surface area contributed by atoms with Crippen molar-refractivity contribution in [1.29, 1.82) is 0 Å². The van der Waals surface area contributed by atoms with Crippen LogP contribution in [0.2, 0.25) is 5.15 Å². The highest BCUT2D eigenvalue weighted by Crippen LogP contribution is 2.18. The van der Waals surface area contributed by atoms with E-state index in [2.05, 4.69) is 15.3 Å². The van der Waals surface area contributed by atoms with E-state index in [4.69, 9.17) is 11.6 Å². The first-order valence-corrected chi connectivity index (χ1v) is 5.07. The summed E-state index contributed by atoms with van der Waals surface area (Å²) in [6, 6.07) is 4.48. The molecule has 0 aliphatic carbocycles. The van der Waals surface area contributed by atoms with Crippen LogP contribution in [0.15, 0.2) is 36.8 Å². The Labute approximate surface area is 101 Å². The van der Waals surface area contributed by atoms with Crippen LogP contribution >= 0.6 is 11.6 Å². The summed E-state index contributed by atoms with van der Waals surface area (Å²) in [6.45, 7) is 0. The third-order valence-corrected chi connectivity index (χ3v) is 2.33. The van der Waals surface area contributed by atoms with Gasteiger partial charge in [0, 0.05) is 12.4 Å². The van der Waals surface area contributed by atoms with Gasteiger partial charge >= 0.3 is 0 Å². The predicted molar refractivity (Wildman–Crippen MR) is 61.4 cm³/mol. The molecule has 0 radical (unpaired) electrons. The standard InChI is InChI=1S/C11H7ClFN3O/c12-10-9(2-1-4-15-10)16-11(17)7-3-5-14-6-8(7)13/h1-6H,(H,16,17). The number of hydrogen-bond acceptors (Lipinski definition) is 3. The van der Waals surface area contributed by atoms with Crippen molar-refractivity contribution in [2.75, 3.05) is 5.32 Å². The zero-order valence-electron chi connectivity index (χ0n) is 8.52. The monoisotopic (exact) mass is 251 g/mol. The van der Waals surface area contributed by atoms with Gasteiger partial charge in [-0.3, -0.25) is 9.78 Å². The minimum absolute atomic E-state index is 0.0973. The number of anilines is 1. The summed E-state index contributed by atoms with van der Waals surface area (Å²) in [5.74, 6) is -1.29. The maximum absolute atomic E-state index is 13.3. The zero-order chi connectivity index (χ0) is 12.3. The van der Waals surface area contributed by atoms with Crippen molar-refractivity contribution in [1.82, 2.24) is 9.97 Å². The fourth-order valence-electron chi connectivity index (χ4n) is 1.23. The van der Waals surface area contributed by atoms with E-state index >= 15 is 0 Å². The lowest BCUT2D eigenvalue weighted by Gasteiger charge is -2.06. The quantitative estimate of drug-likeness (QED) is 0.835. The SMILES string of the molecule is O=C(Nc1cccnc1Cl)c1ccncc1F. The number of hydrogen-bond donors (Lipinski definition) is 1. The minimum Gasteiger partial charge on any atom is -0.319 e. The molecule has 0 atom stereocenters. The van der Waals surface area contributed by atoms with Crippen LogP contribution in [0.3, 0.4) is 0 Å². The van der Waals surface area contributed by atoms with E-state index in [0.29, 0.717) is 5.69 Å². The largest absolute Gasteiger partial charge is 0.319 e. The molecule has 2 aromatic heterocycles. The van der Waals surface area contributed by atoms with Crippen molar-refractivity contribution >= 4 is 23.2 Å². The molecule has 1 N–H and O–H groups in total. The number of carbonyl (C=O) groups is 1. The van der Waals surface area contributed by atoms with Crippen LogP contribution in [0.4, 0.5) is 10.1 Å². The Morgan fingerprint density at radius 2 is 2.18 bits per heavy atom. The summed E-state index contributed by atoms with van der Waals surface area (Å²) in [5, 5.41) is 2.61. The van der Waals surface area contributed by atoms with E-state index in [0.717, 1.165) is 6.20 Å². The number of halogens is 2. The topological polar surface area (TPSA) is 54.9 Å². The van der Waals surface area contributed by atoms with Crippen molar-refractivity contribution in [3.8, 4) is 0 Å². The Hall–Kier alpha value is -2.01. The molecule has 0 aliphatic heterocycles. The van der Waals surface area contributed by atoms with Gasteiger partial charge in [0.1, 0.15) is 0 Å². The Morgan fingerprint density at radius 3 is 2.88 bits per heavy atom. The normalized spacial score (nSPS) is 10.0. The average Bonchev–Trinajstić information content (AvgIpc) is 2.32. The van der Waals surface area contributed by atoms with Gasteiger partial charge in [-0.05, 0) is 18.2 Å². The first kappa shape index (κ1) is 11.5. The fourth-order valence-corrected chi connectivity index (χ4v) is 1.39. The summed E-state index contributed by atoms with van der Waals surface area (Å²) in [5.41, 5.74) is 0.232. The molecule has 0 aliphatic rings. The summed E-state index contributed by atoms with van der Waals surface area (Å²) < 4.78 is 13.3. The minimum atomic E-state index is -0.690. The second-order valence-electron chi connectivity index (χ2n) is 3.15. The molecule has 2 rings (SSSR count). The van der Waals surface area contributed by atoms with Crippen LogP contribution in [0, 0.1) is 5.82 Å². The maximum Gasteiger partial charge on any atom is 0.258 e. The van der Waals surface area contributed by atoms with Crippen LogP contribution in [0.1, 0.15) is 10.4 Å². The van der Waals surface area contributed by atoms with E-state index in [9.17, 15) is 9.18 Å². The van der Waals surface area contributed by atoms with E-state index < -0.39 is 11.7 Å². The second kappa shape index (κ2) is 4.88.